The second kappa shape index (κ2) is 5.18. The third-order valence-corrected chi connectivity index (χ3v) is 5.24. The van der Waals surface area contributed by atoms with Gasteiger partial charge in [0.2, 0.25) is 0 Å². The number of hydrogen-bond acceptors (Lipinski definition) is 4. The molecule has 0 bridgehead atoms. The first kappa shape index (κ1) is 13.6. The molecule has 1 aliphatic heterocycles. The van der Waals surface area contributed by atoms with E-state index in [-0.39, 0.29) is 0 Å². The summed E-state index contributed by atoms with van der Waals surface area (Å²) in [5.74, 6) is -0.637. The molecule has 1 fully saturated rings. The van der Waals surface area contributed by atoms with Gasteiger partial charge in [0.05, 0.1) is 11.1 Å². The molecule has 1 N–H and O–H groups in total. The quantitative estimate of drug-likeness (QED) is 0.941. The van der Waals surface area contributed by atoms with E-state index >= 15 is 0 Å². The van der Waals surface area contributed by atoms with Gasteiger partial charge in [0.25, 0.3) is 0 Å². The van der Waals surface area contributed by atoms with Crippen molar-refractivity contribution < 1.29 is 9.90 Å². The minimum atomic E-state index is -0.637. The normalized spacial score (nSPS) is 19.4. The van der Waals surface area contributed by atoms with Gasteiger partial charge in [-0.1, -0.05) is 6.92 Å². The van der Waals surface area contributed by atoms with E-state index in [1.807, 2.05) is 22.9 Å². The summed E-state index contributed by atoms with van der Waals surface area (Å²) in [6.07, 6.45) is 6.27. The number of rotatable bonds is 4. The van der Waals surface area contributed by atoms with Crippen LogP contribution in [-0.4, -0.2) is 38.4 Å². The van der Waals surface area contributed by atoms with Crippen LogP contribution in [0.1, 0.15) is 31.9 Å². The SMILES string of the molecule is CCC1(C(=O)O)CCN(Cc2cn3ccsc3n2)CC1. The van der Waals surface area contributed by atoms with E-state index in [1.54, 1.807) is 11.3 Å². The molecule has 5 nitrogen and oxygen atoms in total. The largest absolute Gasteiger partial charge is 0.481 e. The van der Waals surface area contributed by atoms with E-state index in [4.69, 9.17) is 0 Å². The van der Waals surface area contributed by atoms with Crippen molar-refractivity contribution in [2.45, 2.75) is 32.7 Å². The van der Waals surface area contributed by atoms with E-state index in [2.05, 4.69) is 16.1 Å². The van der Waals surface area contributed by atoms with Gasteiger partial charge >= 0.3 is 5.97 Å². The van der Waals surface area contributed by atoms with Crippen molar-refractivity contribution in [3.05, 3.63) is 23.5 Å². The molecule has 0 aromatic carbocycles. The summed E-state index contributed by atoms with van der Waals surface area (Å²) in [6, 6.07) is 0. The molecular formula is C14H19N3O2S. The zero-order valence-electron chi connectivity index (χ0n) is 11.6. The van der Waals surface area contributed by atoms with Crippen molar-refractivity contribution >= 4 is 22.3 Å². The number of thiazole rings is 1. The predicted octanol–water partition coefficient (Wildman–Crippen LogP) is 2.47. The van der Waals surface area contributed by atoms with E-state index in [0.29, 0.717) is 0 Å². The Morgan fingerprint density at radius 2 is 2.25 bits per heavy atom. The molecule has 3 heterocycles. The molecule has 0 radical (unpaired) electrons. The molecule has 108 valence electrons. The molecule has 3 rings (SSSR count). The highest BCUT2D eigenvalue weighted by molar-refractivity contribution is 7.15. The lowest BCUT2D eigenvalue weighted by Gasteiger charge is -2.38. The highest BCUT2D eigenvalue weighted by atomic mass is 32.1. The van der Waals surface area contributed by atoms with Crippen LogP contribution in [0.3, 0.4) is 0 Å². The lowest BCUT2D eigenvalue weighted by atomic mass is 9.76. The van der Waals surface area contributed by atoms with Crippen LogP contribution in [0.4, 0.5) is 0 Å². The predicted molar refractivity (Wildman–Crippen MR) is 77.9 cm³/mol. The fraction of sp³-hybridized carbons (Fsp3) is 0.571. The molecule has 0 aliphatic carbocycles. The second-order valence-corrected chi connectivity index (χ2v) is 6.41. The average molecular weight is 293 g/mol. The highest BCUT2D eigenvalue weighted by Gasteiger charge is 2.39. The van der Waals surface area contributed by atoms with Crippen molar-refractivity contribution in [1.82, 2.24) is 14.3 Å². The minimum Gasteiger partial charge on any atom is -0.481 e. The van der Waals surface area contributed by atoms with E-state index in [9.17, 15) is 9.90 Å². The third-order valence-electron chi connectivity index (χ3n) is 4.47. The summed E-state index contributed by atoms with van der Waals surface area (Å²) in [4.78, 5) is 19.3. The molecule has 0 amide bonds. The van der Waals surface area contributed by atoms with Crippen molar-refractivity contribution in [1.29, 1.82) is 0 Å². The number of nitrogens with zero attached hydrogens (tertiary/aromatic N) is 3. The molecular weight excluding hydrogens is 274 g/mol. The zero-order chi connectivity index (χ0) is 14.2. The molecule has 2 aromatic heterocycles. The zero-order valence-corrected chi connectivity index (χ0v) is 12.4. The van der Waals surface area contributed by atoms with Crippen LogP contribution in [0.15, 0.2) is 17.8 Å². The number of piperidine rings is 1. The van der Waals surface area contributed by atoms with Crippen molar-refractivity contribution in [3.63, 3.8) is 0 Å². The molecule has 2 aromatic rings. The van der Waals surface area contributed by atoms with Gasteiger partial charge in [0, 0.05) is 24.3 Å². The van der Waals surface area contributed by atoms with E-state index < -0.39 is 11.4 Å². The molecule has 1 aliphatic rings. The molecule has 20 heavy (non-hydrogen) atoms. The average Bonchev–Trinajstić information content (AvgIpc) is 3.00. The first-order valence-corrected chi connectivity index (χ1v) is 7.88. The third kappa shape index (κ3) is 2.33. The smallest absolute Gasteiger partial charge is 0.309 e. The fourth-order valence-electron chi connectivity index (χ4n) is 2.94. The first-order valence-electron chi connectivity index (χ1n) is 7.00. The Morgan fingerprint density at radius 1 is 1.50 bits per heavy atom. The van der Waals surface area contributed by atoms with Crippen molar-refractivity contribution in [2.24, 2.45) is 5.41 Å². The Balaban J connectivity index is 1.64. The summed E-state index contributed by atoms with van der Waals surface area (Å²) in [5.41, 5.74) is 0.557. The lowest BCUT2D eigenvalue weighted by Crippen LogP contribution is -2.43. The van der Waals surface area contributed by atoms with E-state index in [1.165, 1.54) is 0 Å². The first-order chi connectivity index (χ1) is 9.63. The van der Waals surface area contributed by atoms with Crippen LogP contribution in [0.2, 0.25) is 0 Å². The molecule has 1 saturated heterocycles. The Labute approximate surface area is 121 Å². The number of carbonyl (C=O) groups is 1. The number of aromatic nitrogens is 2. The van der Waals surface area contributed by atoms with Crippen LogP contribution in [0, 0.1) is 5.41 Å². The van der Waals surface area contributed by atoms with Gasteiger partial charge in [-0.05, 0) is 32.4 Å². The number of aliphatic carboxylic acids is 1. The molecule has 6 heteroatoms. The molecule has 0 spiro atoms. The van der Waals surface area contributed by atoms with Gasteiger partial charge in [0.1, 0.15) is 0 Å². The number of carboxylic acid groups (broad SMARTS) is 1. The summed E-state index contributed by atoms with van der Waals surface area (Å²) in [7, 11) is 0. The Morgan fingerprint density at radius 3 is 2.85 bits per heavy atom. The molecule has 0 atom stereocenters. The maximum atomic E-state index is 11.4. The fourth-order valence-corrected chi connectivity index (χ4v) is 3.66. The van der Waals surface area contributed by atoms with Gasteiger partial charge in [0.15, 0.2) is 4.96 Å². The monoisotopic (exact) mass is 293 g/mol. The van der Waals surface area contributed by atoms with Crippen LogP contribution >= 0.6 is 11.3 Å². The van der Waals surface area contributed by atoms with Crippen molar-refractivity contribution in [2.75, 3.05) is 13.1 Å². The van der Waals surface area contributed by atoms with Crippen LogP contribution in [0.25, 0.3) is 4.96 Å². The summed E-state index contributed by atoms with van der Waals surface area (Å²) in [5, 5.41) is 11.4. The van der Waals surface area contributed by atoms with Crippen LogP contribution in [-0.2, 0) is 11.3 Å². The van der Waals surface area contributed by atoms with E-state index in [0.717, 1.165) is 49.6 Å². The van der Waals surface area contributed by atoms with Gasteiger partial charge in [-0.25, -0.2) is 4.98 Å². The molecule has 0 saturated carbocycles. The number of carboxylic acids is 1. The topological polar surface area (TPSA) is 57.8 Å². The van der Waals surface area contributed by atoms with Gasteiger partial charge in [-0.15, -0.1) is 11.3 Å². The molecule has 0 unspecified atom stereocenters. The summed E-state index contributed by atoms with van der Waals surface area (Å²) in [6.45, 7) is 4.47. The Kier molecular flexibility index (Phi) is 3.52. The van der Waals surface area contributed by atoms with Gasteiger partial charge < -0.3 is 5.11 Å². The Hall–Kier alpha value is -1.40. The second-order valence-electron chi connectivity index (χ2n) is 5.54. The minimum absolute atomic E-state index is 0.509. The number of likely N-dealkylation sites (tertiary alicyclic amines) is 1. The van der Waals surface area contributed by atoms with Gasteiger partial charge in [-0.3, -0.25) is 14.1 Å². The number of fused-ring (bicyclic) bond motifs is 1. The standard InChI is InChI=1S/C14H19N3O2S/c1-2-14(12(18)19)3-5-16(6-4-14)9-11-10-17-7-8-20-13(17)15-11/h7-8,10H,2-6,9H2,1H3,(H,18,19). The Bertz CT molecular complexity index is 582. The maximum Gasteiger partial charge on any atom is 0.309 e. The van der Waals surface area contributed by atoms with Crippen molar-refractivity contribution in [3.8, 4) is 0 Å². The number of hydrogen-bond donors (Lipinski definition) is 1. The number of imidazole rings is 1. The summed E-state index contributed by atoms with van der Waals surface area (Å²) >= 11 is 1.63. The lowest BCUT2D eigenvalue weighted by molar-refractivity contribution is -0.152. The van der Waals surface area contributed by atoms with Crippen LogP contribution < -0.4 is 0 Å². The van der Waals surface area contributed by atoms with Gasteiger partial charge in [-0.2, -0.15) is 0 Å². The van der Waals surface area contributed by atoms with Crippen LogP contribution in [0.5, 0.6) is 0 Å². The highest BCUT2D eigenvalue weighted by Crippen LogP contribution is 2.35. The maximum absolute atomic E-state index is 11.4. The summed E-state index contributed by atoms with van der Waals surface area (Å²) < 4.78 is 2.04.